The highest BCUT2D eigenvalue weighted by atomic mass is 32.3. The maximum Gasteiger partial charge on any atom is 0.0791 e. The van der Waals surface area contributed by atoms with E-state index in [0.717, 1.165) is 12.4 Å². The normalized spacial score (nSPS) is 20.2. The van der Waals surface area contributed by atoms with Gasteiger partial charge >= 0.3 is 0 Å². The molecule has 2 aliphatic carbocycles. The maximum absolute atomic E-state index is 6.91. The van der Waals surface area contributed by atoms with E-state index in [1.807, 2.05) is 0 Å². The van der Waals surface area contributed by atoms with Crippen molar-refractivity contribution < 1.29 is 4.74 Å². The van der Waals surface area contributed by atoms with E-state index in [1.54, 1.807) is 5.57 Å². The number of fused-ring (bicyclic) bond motifs is 4. The number of hydrogen-bond donors (Lipinski definition) is 0. The molecule has 1 nitrogen and oxygen atoms in total. The fourth-order valence-corrected chi connectivity index (χ4v) is 11.6. The second-order valence-electron chi connectivity index (χ2n) is 12.1. The minimum atomic E-state index is -1.38. The highest BCUT2D eigenvalue weighted by molar-refractivity contribution is 8.34. The molecule has 2 atom stereocenters. The van der Waals surface area contributed by atoms with Gasteiger partial charge in [-0.1, -0.05) is 85.8 Å². The van der Waals surface area contributed by atoms with Crippen LogP contribution in [0.4, 0.5) is 0 Å². The Morgan fingerprint density at radius 3 is 1.81 bits per heavy atom. The summed E-state index contributed by atoms with van der Waals surface area (Å²) in [7, 11) is -2.08. The maximum atomic E-state index is 6.91. The Bertz CT molecular complexity index is 1250. The lowest BCUT2D eigenvalue weighted by Crippen LogP contribution is -2.30. The molecule has 0 bridgehead atoms. The van der Waals surface area contributed by atoms with E-state index in [4.69, 9.17) is 4.74 Å². The number of rotatable bonds is 8. The van der Waals surface area contributed by atoms with Gasteiger partial charge in [0.25, 0.3) is 0 Å². The van der Waals surface area contributed by atoms with Crippen molar-refractivity contribution in [3.05, 3.63) is 101 Å². The molecule has 3 aromatic carbocycles. The van der Waals surface area contributed by atoms with Crippen molar-refractivity contribution in [2.75, 3.05) is 36.7 Å². The van der Waals surface area contributed by atoms with Crippen LogP contribution in [0.5, 0.6) is 0 Å². The minimum Gasteiger partial charge on any atom is -0.366 e. The van der Waals surface area contributed by atoms with E-state index < -0.39 is 20.1 Å². The molecular formula is C33H42OS2. The molecule has 2 unspecified atom stereocenters. The Morgan fingerprint density at radius 1 is 0.722 bits per heavy atom. The number of benzene rings is 3. The predicted octanol–water partition coefficient (Wildman–Crippen LogP) is 9.19. The summed E-state index contributed by atoms with van der Waals surface area (Å²) in [6.45, 7) is 6.75. The summed E-state index contributed by atoms with van der Waals surface area (Å²) in [6, 6.07) is 27.4. The van der Waals surface area contributed by atoms with Gasteiger partial charge in [-0.15, -0.1) is 0 Å². The monoisotopic (exact) mass is 518 g/mol. The van der Waals surface area contributed by atoms with Gasteiger partial charge in [0.05, 0.1) is 11.5 Å². The topological polar surface area (TPSA) is 9.23 Å². The molecule has 0 heterocycles. The summed E-state index contributed by atoms with van der Waals surface area (Å²) in [6.07, 6.45) is 13.5. The summed E-state index contributed by atoms with van der Waals surface area (Å²) in [4.78, 5) is 0. The first-order chi connectivity index (χ1) is 17.0. The quantitative estimate of drug-likeness (QED) is 0.289. The van der Waals surface area contributed by atoms with E-state index >= 15 is 0 Å². The van der Waals surface area contributed by atoms with Crippen molar-refractivity contribution in [1.29, 1.82) is 0 Å². The molecule has 0 aliphatic heterocycles. The predicted molar refractivity (Wildman–Crippen MR) is 165 cm³/mol. The van der Waals surface area contributed by atoms with Gasteiger partial charge in [0, 0.05) is 10.5 Å². The zero-order valence-corrected chi connectivity index (χ0v) is 24.6. The minimum absolute atomic E-state index is 0.136. The van der Waals surface area contributed by atoms with Gasteiger partial charge in [-0.05, 0) is 90.0 Å². The Hall–Kier alpha value is -1.94. The molecular weight excluding hydrogens is 476 g/mol. The zero-order chi connectivity index (χ0) is 25.7. The van der Waals surface area contributed by atoms with Gasteiger partial charge in [0.15, 0.2) is 0 Å². The molecule has 0 saturated heterocycles. The summed E-state index contributed by atoms with van der Waals surface area (Å²) in [5.74, 6) is 1.99. The number of ether oxygens (including phenoxy) is 1. The largest absolute Gasteiger partial charge is 0.366 e. The standard InChI is InChI=1S/C33H42OS2/c1-8-33(2,3)34-23-36(7,31-25(22-35(4,5)6)21-24-15-9-10-16-26(24)31)32-29-19-13-11-17-27(29)28-18-12-14-20-30(28)32/h9-21,31-32H,8,22-23H2,1-7H3. The number of hydrogen-bond acceptors (Lipinski definition) is 1. The molecule has 0 saturated carbocycles. The fraction of sp³-hybridized carbons (Fsp3) is 0.394. The second kappa shape index (κ2) is 9.42. The molecule has 0 amide bonds. The third-order valence-electron chi connectivity index (χ3n) is 7.96. The Kier molecular flexibility index (Phi) is 6.72. The van der Waals surface area contributed by atoms with Crippen LogP contribution in [0.25, 0.3) is 17.2 Å². The molecule has 0 aromatic heterocycles. The summed E-state index contributed by atoms with van der Waals surface area (Å²) in [5, 5.41) is 0.754. The Morgan fingerprint density at radius 2 is 1.25 bits per heavy atom. The smallest absolute Gasteiger partial charge is 0.0791 e. The van der Waals surface area contributed by atoms with Crippen LogP contribution >= 0.6 is 20.1 Å². The lowest BCUT2D eigenvalue weighted by molar-refractivity contribution is 0.00768. The zero-order valence-electron chi connectivity index (χ0n) is 23.0. The van der Waals surface area contributed by atoms with Gasteiger partial charge in [0.1, 0.15) is 0 Å². The summed E-state index contributed by atoms with van der Waals surface area (Å²) >= 11 is 0. The summed E-state index contributed by atoms with van der Waals surface area (Å²) in [5.41, 5.74) is 10.2. The van der Waals surface area contributed by atoms with Gasteiger partial charge in [0.2, 0.25) is 0 Å². The van der Waals surface area contributed by atoms with Crippen molar-refractivity contribution in [3.8, 4) is 11.1 Å². The average Bonchev–Trinajstić information content (AvgIpc) is 3.37. The molecule has 2 aliphatic rings. The van der Waals surface area contributed by atoms with Crippen molar-refractivity contribution in [2.24, 2.45) is 0 Å². The van der Waals surface area contributed by atoms with Gasteiger partial charge in [-0.2, -0.15) is 10.0 Å². The molecule has 36 heavy (non-hydrogen) atoms. The Balaban J connectivity index is 1.72. The van der Waals surface area contributed by atoms with Crippen molar-refractivity contribution in [2.45, 2.75) is 43.3 Å². The van der Waals surface area contributed by atoms with Crippen LogP contribution in [0, 0.1) is 0 Å². The van der Waals surface area contributed by atoms with E-state index in [9.17, 15) is 0 Å². The molecule has 192 valence electrons. The van der Waals surface area contributed by atoms with Crippen LogP contribution in [0.3, 0.4) is 0 Å². The molecule has 5 rings (SSSR count). The van der Waals surface area contributed by atoms with Gasteiger partial charge < -0.3 is 4.74 Å². The molecule has 0 fully saturated rings. The second-order valence-corrected chi connectivity index (χ2v) is 20.2. The van der Waals surface area contributed by atoms with Crippen LogP contribution in [0.1, 0.15) is 59.9 Å². The van der Waals surface area contributed by atoms with E-state index in [2.05, 4.69) is 125 Å². The van der Waals surface area contributed by atoms with Crippen LogP contribution in [-0.4, -0.2) is 42.3 Å². The van der Waals surface area contributed by atoms with Crippen LogP contribution in [0.2, 0.25) is 0 Å². The van der Waals surface area contributed by atoms with Crippen molar-refractivity contribution in [1.82, 2.24) is 0 Å². The Labute approximate surface area is 222 Å². The molecule has 3 aromatic rings. The molecule has 0 spiro atoms. The van der Waals surface area contributed by atoms with Gasteiger partial charge in [-0.25, -0.2) is 10.0 Å². The first-order valence-electron chi connectivity index (χ1n) is 13.1. The molecule has 3 heteroatoms. The average molecular weight is 519 g/mol. The van der Waals surface area contributed by atoms with Crippen LogP contribution < -0.4 is 0 Å². The summed E-state index contributed by atoms with van der Waals surface area (Å²) < 4.78 is 6.91. The van der Waals surface area contributed by atoms with E-state index in [0.29, 0.717) is 10.5 Å². The third kappa shape index (κ3) is 4.59. The highest BCUT2D eigenvalue weighted by Gasteiger charge is 2.47. The van der Waals surface area contributed by atoms with E-state index in [1.165, 1.54) is 39.1 Å². The third-order valence-corrected chi connectivity index (χ3v) is 13.0. The lowest BCUT2D eigenvalue weighted by atomic mass is 10.1. The SMILES string of the molecule is CCC(C)(C)OCS(C)(C1C(CS(C)(C)C)=Cc2ccccc21)C1c2ccccc2-c2ccccc21. The van der Waals surface area contributed by atoms with Crippen molar-refractivity contribution >= 4 is 26.1 Å². The molecule has 0 radical (unpaired) electrons. The first-order valence-corrected chi connectivity index (χ1v) is 18.4. The van der Waals surface area contributed by atoms with E-state index in [-0.39, 0.29) is 5.60 Å². The van der Waals surface area contributed by atoms with Gasteiger partial charge in [-0.3, -0.25) is 0 Å². The first kappa shape index (κ1) is 25.7. The van der Waals surface area contributed by atoms with Crippen LogP contribution in [0.15, 0.2) is 78.4 Å². The fourth-order valence-electron chi connectivity index (χ4n) is 5.96. The highest BCUT2D eigenvalue weighted by Crippen LogP contribution is 2.76. The van der Waals surface area contributed by atoms with Crippen molar-refractivity contribution in [3.63, 3.8) is 0 Å². The van der Waals surface area contributed by atoms with Crippen LogP contribution in [-0.2, 0) is 4.74 Å². The lowest BCUT2D eigenvalue weighted by Gasteiger charge is -2.50. The molecule has 0 N–H and O–H groups in total.